The minimum atomic E-state index is -0.0969. The van der Waals surface area contributed by atoms with Crippen molar-refractivity contribution in [1.29, 1.82) is 0 Å². The fraction of sp³-hybridized carbons (Fsp3) is 0.241. The third-order valence-corrected chi connectivity index (χ3v) is 6.59. The number of hydrogen-bond donors (Lipinski definition) is 2. The van der Waals surface area contributed by atoms with Crippen molar-refractivity contribution in [2.75, 3.05) is 7.11 Å². The van der Waals surface area contributed by atoms with E-state index in [0.29, 0.717) is 23.8 Å². The van der Waals surface area contributed by atoms with E-state index in [-0.39, 0.29) is 11.6 Å². The van der Waals surface area contributed by atoms with Crippen LogP contribution in [0.15, 0.2) is 83.7 Å². The van der Waals surface area contributed by atoms with Crippen LogP contribution in [0.2, 0.25) is 0 Å². The van der Waals surface area contributed by atoms with Crippen molar-refractivity contribution in [1.82, 2.24) is 15.2 Å². The summed E-state index contributed by atoms with van der Waals surface area (Å²) in [4.78, 5) is 18.0. The van der Waals surface area contributed by atoms with Gasteiger partial charge in [0.2, 0.25) is 0 Å². The molecule has 3 aromatic carbocycles. The van der Waals surface area contributed by atoms with E-state index in [1.54, 1.807) is 7.11 Å². The highest BCUT2D eigenvalue weighted by atomic mass is 32.1. The summed E-state index contributed by atoms with van der Waals surface area (Å²) in [5.74, 6) is 0.802. The summed E-state index contributed by atoms with van der Waals surface area (Å²) >= 11 is 5.86. The molecule has 180 valence electrons. The summed E-state index contributed by atoms with van der Waals surface area (Å²) in [5, 5.41) is 5.08. The Balaban J connectivity index is 1.63. The predicted octanol–water partition coefficient (Wildman–Crippen LogP) is 5.74. The SMILES string of the molecule is CCc1ccc2[nH]c(=O)c(CN(Cc3ccc(OC)cc3)C(=S)NC(C)c3ccccc3)cc2c1. The quantitative estimate of drug-likeness (QED) is 0.312. The zero-order valence-corrected chi connectivity index (χ0v) is 21.2. The lowest BCUT2D eigenvalue weighted by Gasteiger charge is -2.28. The topological polar surface area (TPSA) is 57.4 Å². The molecule has 5 nitrogen and oxygen atoms in total. The number of H-pyrrole nitrogens is 1. The van der Waals surface area contributed by atoms with Gasteiger partial charge >= 0.3 is 0 Å². The fourth-order valence-corrected chi connectivity index (χ4v) is 4.40. The maximum Gasteiger partial charge on any atom is 0.253 e. The number of thiocarbonyl (C=S) groups is 1. The number of aryl methyl sites for hydroxylation is 1. The number of nitrogens with one attached hydrogen (secondary N) is 2. The summed E-state index contributed by atoms with van der Waals surface area (Å²) in [6.45, 7) is 5.16. The number of pyridine rings is 1. The van der Waals surface area contributed by atoms with Crippen LogP contribution in [-0.2, 0) is 19.5 Å². The molecule has 6 heteroatoms. The van der Waals surface area contributed by atoms with Crippen molar-refractivity contribution in [3.8, 4) is 5.75 Å². The molecule has 1 unspecified atom stereocenters. The Morgan fingerprint density at radius 3 is 2.40 bits per heavy atom. The molecule has 0 saturated heterocycles. The van der Waals surface area contributed by atoms with Crippen molar-refractivity contribution in [3.63, 3.8) is 0 Å². The van der Waals surface area contributed by atoms with Crippen molar-refractivity contribution in [3.05, 3.63) is 111 Å². The Labute approximate surface area is 211 Å². The number of benzene rings is 3. The largest absolute Gasteiger partial charge is 0.497 e. The van der Waals surface area contributed by atoms with Crippen LogP contribution < -0.4 is 15.6 Å². The molecule has 0 radical (unpaired) electrons. The first kappa shape index (κ1) is 24.5. The molecule has 4 aromatic rings. The van der Waals surface area contributed by atoms with E-state index in [1.807, 2.05) is 59.5 Å². The van der Waals surface area contributed by atoms with Gasteiger partial charge in [-0.1, -0.05) is 55.5 Å². The first-order valence-corrected chi connectivity index (χ1v) is 12.3. The van der Waals surface area contributed by atoms with E-state index < -0.39 is 0 Å². The van der Waals surface area contributed by atoms with Gasteiger partial charge in [-0.25, -0.2) is 0 Å². The van der Waals surface area contributed by atoms with E-state index in [1.165, 1.54) is 5.56 Å². The average molecular weight is 486 g/mol. The summed E-state index contributed by atoms with van der Waals surface area (Å²) < 4.78 is 5.30. The highest BCUT2D eigenvalue weighted by Crippen LogP contribution is 2.19. The lowest BCUT2D eigenvalue weighted by Crippen LogP contribution is -2.41. The van der Waals surface area contributed by atoms with Gasteiger partial charge in [-0.05, 0) is 78.0 Å². The molecule has 0 fully saturated rings. The number of methoxy groups -OCH3 is 1. The van der Waals surface area contributed by atoms with Gasteiger partial charge < -0.3 is 19.9 Å². The molecule has 0 aliphatic carbocycles. The molecule has 35 heavy (non-hydrogen) atoms. The summed E-state index contributed by atoms with van der Waals surface area (Å²) in [7, 11) is 1.65. The third-order valence-electron chi connectivity index (χ3n) is 6.21. The monoisotopic (exact) mass is 485 g/mol. The summed E-state index contributed by atoms with van der Waals surface area (Å²) in [5.41, 5.74) is 4.88. The van der Waals surface area contributed by atoms with Crippen LogP contribution in [0, 0.1) is 0 Å². The number of aromatic amines is 1. The van der Waals surface area contributed by atoms with Gasteiger partial charge in [0.15, 0.2) is 5.11 Å². The molecule has 1 heterocycles. The van der Waals surface area contributed by atoms with E-state index in [0.717, 1.165) is 34.2 Å². The van der Waals surface area contributed by atoms with E-state index in [4.69, 9.17) is 17.0 Å². The molecule has 4 rings (SSSR count). The van der Waals surface area contributed by atoms with Crippen LogP contribution >= 0.6 is 12.2 Å². The first-order chi connectivity index (χ1) is 17.0. The summed E-state index contributed by atoms with van der Waals surface area (Å²) in [6.07, 6.45) is 0.944. The molecule has 0 saturated carbocycles. The first-order valence-electron chi connectivity index (χ1n) is 11.8. The van der Waals surface area contributed by atoms with Gasteiger partial charge in [0, 0.05) is 17.6 Å². The number of hydrogen-bond acceptors (Lipinski definition) is 3. The van der Waals surface area contributed by atoms with E-state index >= 15 is 0 Å². The zero-order valence-electron chi connectivity index (χ0n) is 20.4. The van der Waals surface area contributed by atoms with Crippen LogP contribution in [0.25, 0.3) is 10.9 Å². The molecule has 1 atom stereocenters. The number of nitrogens with zero attached hydrogens (tertiary/aromatic N) is 1. The Morgan fingerprint density at radius 1 is 1.00 bits per heavy atom. The van der Waals surface area contributed by atoms with E-state index in [2.05, 4.69) is 48.4 Å². The van der Waals surface area contributed by atoms with Crippen molar-refractivity contribution in [2.45, 2.75) is 39.4 Å². The Kier molecular flexibility index (Phi) is 7.83. The number of fused-ring (bicyclic) bond motifs is 1. The van der Waals surface area contributed by atoms with Crippen LogP contribution in [-0.4, -0.2) is 22.1 Å². The predicted molar refractivity (Wildman–Crippen MR) is 147 cm³/mol. The lowest BCUT2D eigenvalue weighted by molar-refractivity contribution is 0.390. The second-order valence-electron chi connectivity index (χ2n) is 8.68. The van der Waals surface area contributed by atoms with Crippen molar-refractivity contribution in [2.24, 2.45) is 0 Å². The Hall–Kier alpha value is -3.64. The second-order valence-corrected chi connectivity index (χ2v) is 9.07. The van der Waals surface area contributed by atoms with Gasteiger partial charge in [-0.3, -0.25) is 4.79 Å². The van der Waals surface area contributed by atoms with Gasteiger partial charge in [0.05, 0.1) is 19.7 Å². The molecule has 0 aliphatic rings. The van der Waals surface area contributed by atoms with Crippen LogP contribution in [0.4, 0.5) is 0 Å². The summed E-state index contributed by atoms with van der Waals surface area (Å²) in [6, 6.07) is 26.3. The molecule has 0 aliphatic heterocycles. The van der Waals surface area contributed by atoms with Gasteiger partial charge in [0.25, 0.3) is 5.56 Å². The molecule has 0 amide bonds. The minimum absolute atomic E-state index is 0.0315. The molecule has 0 spiro atoms. The van der Waals surface area contributed by atoms with Gasteiger partial charge in [-0.15, -0.1) is 0 Å². The second kappa shape index (κ2) is 11.2. The standard InChI is InChI=1S/C29H31N3O2S/c1-4-21-12-15-27-24(16-21)17-25(28(33)31-27)19-32(18-22-10-13-26(34-3)14-11-22)29(35)30-20(2)23-8-6-5-7-9-23/h5-17,20H,4,18-19H2,1-3H3,(H,30,35)(H,31,33). The highest BCUT2D eigenvalue weighted by Gasteiger charge is 2.17. The molecule has 0 bridgehead atoms. The number of ether oxygens (including phenoxy) is 1. The molecule has 2 N–H and O–H groups in total. The maximum atomic E-state index is 13.0. The lowest BCUT2D eigenvalue weighted by atomic mass is 10.1. The van der Waals surface area contributed by atoms with Crippen LogP contribution in [0.1, 0.15) is 42.1 Å². The zero-order chi connectivity index (χ0) is 24.8. The van der Waals surface area contributed by atoms with Crippen LogP contribution in [0.5, 0.6) is 5.75 Å². The highest BCUT2D eigenvalue weighted by molar-refractivity contribution is 7.80. The number of aromatic nitrogens is 1. The van der Waals surface area contributed by atoms with Gasteiger partial charge in [0.1, 0.15) is 5.75 Å². The van der Waals surface area contributed by atoms with Crippen LogP contribution in [0.3, 0.4) is 0 Å². The third kappa shape index (κ3) is 6.08. The smallest absolute Gasteiger partial charge is 0.253 e. The van der Waals surface area contributed by atoms with Crippen molar-refractivity contribution >= 4 is 28.2 Å². The Morgan fingerprint density at radius 2 is 1.71 bits per heavy atom. The fourth-order valence-electron chi connectivity index (χ4n) is 4.10. The maximum absolute atomic E-state index is 13.0. The average Bonchev–Trinajstić information content (AvgIpc) is 2.89. The van der Waals surface area contributed by atoms with Crippen molar-refractivity contribution < 1.29 is 4.74 Å². The minimum Gasteiger partial charge on any atom is -0.497 e. The normalized spacial score (nSPS) is 11.7. The Bertz CT molecular complexity index is 1350. The van der Waals surface area contributed by atoms with E-state index in [9.17, 15) is 4.79 Å². The molecular weight excluding hydrogens is 454 g/mol. The molecular formula is C29H31N3O2S. The van der Waals surface area contributed by atoms with Gasteiger partial charge in [-0.2, -0.15) is 0 Å². The molecule has 1 aromatic heterocycles. The number of rotatable bonds is 8.